The second-order valence-corrected chi connectivity index (χ2v) is 5.75. The van der Waals surface area contributed by atoms with Gasteiger partial charge in [-0.15, -0.1) is 0 Å². The van der Waals surface area contributed by atoms with Gasteiger partial charge in [0.25, 0.3) is 0 Å². The summed E-state index contributed by atoms with van der Waals surface area (Å²) in [6.45, 7) is 3.95. The zero-order chi connectivity index (χ0) is 14.8. The second-order valence-electron chi connectivity index (χ2n) is 5.75. The van der Waals surface area contributed by atoms with E-state index in [1.165, 1.54) is 0 Å². The van der Waals surface area contributed by atoms with Crippen LogP contribution < -0.4 is 0 Å². The van der Waals surface area contributed by atoms with E-state index in [9.17, 15) is 14.7 Å². The summed E-state index contributed by atoms with van der Waals surface area (Å²) < 4.78 is 5.54. The third kappa shape index (κ3) is 3.18. The van der Waals surface area contributed by atoms with Gasteiger partial charge in [-0.05, 0) is 36.5 Å². The minimum Gasteiger partial charge on any atom is -0.508 e. The molecule has 0 saturated carbocycles. The van der Waals surface area contributed by atoms with E-state index in [1.54, 1.807) is 12.1 Å². The molecule has 20 heavy (non-hydrogen) atoms. The molecule has 1 aliphatic rings. The van der Waals surface area contributed by atoms with Crippen LogP contribution in [0.2, 0.25) is 0 Å². The molecule has 1 heterocycles. The highest BCUT2D eigenvalue weighted by molar-refractivity contribution is 5.98. The molecule has 2 rings (SSSR count). The van der Waals surface area contributed by atoms with Gasteiger partial charge in [0.15, 0.2) is 0 Å². The molecule has 4 nitrogen and oxygen atoms in total. The summed E-state index contributed by atoms with van der Waals surface area (Å²) in [6, 6.07) is 6.95. The smallest absolute Gasteiger partial charge is 0.313 e. The van der Waals surface area contributed by atoms with Crippen molar-refractivity contribution in [1.82, 2.24) is 0 Å². The van der Waals surface area contributed by atoms with Crippen molar-refractivity contribution in [3.8, 4) is 5.75 Å². The average molecular weight is 276 g/mol. The highest BCUT2D eigenvalue weighted by atomic mass is 16.6. The molecule has 1 atom stereocenters. The lowest BCUT2D eigenvalue weighted by Crippen LogP contribution is -2.47. The predicted molar refractivity (Wildman–Crippen MR) is 74.3 cm³/mol. The highest BCUT2D eigenvalue weighted by Crippen LogP contribution is 2.35. The summed E-state index contributed by atoms with van der Waals surface area (Å²) in [6.07, 6.45) is 1.52. The van der Waals surface area contributed by atoms with E-state index in [2.05, 4.69) is 0 Å². The summed E-state index contributed by atoms with van der Waals surface area (Å²) >= 11 is 0. The Hall–Kier alpha value is -1.84. The number of Topliss-reactive ketones (excluding diaryl/α,β-unsaturated/α-hetero) is 1. The Morgan fingerprint density at radius 2 is 1.90 bits per heavy atom. The summed E-state index contributed by atoms with van der Waals surface area (Å²) in [5, 5.41) is 9.27. The number of ether oxygens (including phenoxy) is 1. The van der Waals surface area contributed by atoms with Crippen molar-refractivity contribution < 1.29 is 19.4 Å². The molecule has 1 aromatic carbocycles. The third-order valence-electron chi connectivity index (χ3n) is 3.98. The van der Waals surface area contributed by atoms with Crippen LogP contribution in [0, 0.1) is 5.92 Å². The molecule has 0 unspecified atom stereocenters. The van der Waals surface area contributed by atoms with Gasteiger partial charge in [0.1, 0.15) is 23.6 Å². The number of aromatic hydroxyl groups is 1. The Morgan fingerprint density at radius 3 is 2.45 bits per heavy atom. The van der Waals surface area contributed by atoms with E-state index >= 15 is 0 Å². The third-order valence-corrected chi connectivity index (χ3v) is 3.98. The number of ketones is 1. The van der Waals surface area contributed by atoms with Crippen molar-refractivity contribution in [2.75, 3.05) is 0 Å². The molecule has 0 radical (unpaired) electrons. The molecule has 1 saturated heterocycles. The van der Waals surface area contributed by atoms with Crippen LogP contribution in [0.3, 0.4) is 0 Å². The van der Waals surface area contributed by atoms with Crippen molar-refractivity contribution in [2.45, 2.75) is 45.1 Å². The minimum atomic E-state index is -0.690. The Labute approximate surface area is 118 Å². The molecule has 0 aliphatic carbocycles. The van der Waals surface area contributed by atoms with Crippen molar-refractivity contribution in [3.63, 3.8) is 0 Å². The van der Waals surface area contributed by atoms with E-state index in [0.717, 1.165) is 5.56 Å². The Kier molecular flexibility index (Phi) is 4.12. The Morgan fingerprint density at radius 1 is 1.25 bits per heavy atom. The molecule has 0 spiro atoms. The number of phenolic OH excluding ortho intramolecular Hbond substituents is 1. The number of hydrogen-bond donors (Lipinski definition) is 1. The van der Waals surface area contributed by atoms with Gasteiger partial charge in [-0.2, -0.15) is 0 Å². The molecule has 1 N–H and O–H groups in total. The number of carbonyl (C=O) groups excluding carboxylic acids is 2. The molecule has 0 aromatic heterocycles. The molecule has 1 aliphatic heterocycles. The van der Waals surface area contributed by atoms with Crippen LogP contribution in [-0.4, -0.2) is 22.5 Å². The first-order valence-electron chi connectivity index (χ1n) is 6.93. The van der Waals surface area contributed by atoms with Crippen LogP contribution in [0.1, 0.15) is 38.7 Å². The normalized spacial score (nSPS) is 22.9. The molecule has 1 fully saturated rings. The first-order chi connectivity index (χ1) is 9.41. The van der Waals surface area contributed by atoms with E-state index in [0.29, 0.717) is 19.3 Å². The first kappa shape index (κ1) is 14.6. The number of cyclic esters (lactones) is 1. The van der Waals surface area contributed by atoms with Crippen LogP contribution in [0.5, 0.6) is 5.75 Å². The lowest BCUT2D eigenvalue weighted by molar-refractivity contribution is -0.177. The lowest BCUT2D eigenvalue weighted by Gasteiger charge is -2.39. The maximum Gasteiger partial charge on any atom is 0.313 e. The molecule has 1 aromatic rings. The van der Waals surface area contributed by atoms with Gasteiger partial charge < -0.3 is 9.84 Å². The number of esters is 1. The number of carbonyl (C=O) groups is 2. The molecule has 0 bridgehead atoms. The summed E-state index contributed by atoms with van der Waals surface area (Å²) in [5.74, 6) is -0.138. The SMILES string of the molecule is CC(C)[C@]1(CCc2ccc(O)cc2)CC(=O)CC(=O)O1. The summed E-state index contributed by atoms with van der Waals surface area (Å²) in [5.41, 5.74) is 0.363. The van der Waals surface area contributed by atoms with E-state index in [4.69, 9.17) is 4.74 Å². The number of benzene rings is 1. The van der Waals surface area contributed by atoms with Gasteiger partial charge >= 0.3 is 5.97 Å². The topological polar surface area (TPSA) is 63.6 Å². The van der Waals surface area contributed by atoms with Crippen LogP contribution in [0.25, 0.3) is 0 Å². The average Bonchev–Trinajstić information content (AvgIpc) is 2.37. The van der Waals surface area contributed by atoms with Gasteiger partial charge in [0.05, 0.1) is 0 Å². The fraction of sp³-hybridized carbons (Fsp3) is 0.500. The molecule has 4 heteroatoms. The van der Waals surface area contributed by atoms with Gasteiger partial charge in [-0.1, -0.05) is 26.0 Å². The quantitative estimate of drug-likeness (QED) is 0.678. The largest absolute Gasteiger partial charge is 0.508 e. The monoisotopic (exact) mass is 276 g/mol. The second kappa shape index (κ2) is 5.65. The van der Waals surface area contributed by atoms with Crippen molar-refractivity contribution in [2.24, 2.45) is 5.92 Å². The fourth-order valence-corrected chi connectivity index (χ4v) is 2.62. The highest BCUT2D eigenvalue weighted by Gasteiger charge is 2.43. The maximum absolute atomic E-state index is 11.7. The standard InChI is InChI=1S/C16H20O4/c1-11(2)16(10-14(18)9-15(19)20-16)8-7-12-3-5-13(17)6-4-12/h3-6,11,17H,7-10H2,1-2H3/t16-/m0/s1. The lowest BCUT2D eigenvalue weighted by atomic mass is 9.78. The zero-order valence-corrected chi connectivity index (χ0v) is 11.9. The van der Waals surface area contributed by atoms with Crippen molar-refractivity contribution in [3.05, 3.63) is 29.8 Å². The predicted octanol–water partition coefficient (Wildman–Crippen LogP) is 2.63. The summed E-state index contributed by atoms with van der Waals surface area (Å²) in [7, 11) is 0. The van der Waals surface area contributed by atoms with E-state index in [1.807, 2.05) is 26.0 Å². The van der Waals surface area contributed by atoms with Gasteiger partial charge in [-0.25, -0.2) is 0 Å². The first-order valence-corrected chi connectivity index (χ1v) is 6.93. The summed E-state index contributed by atoms with van der Waals surface area (Å²) in [4.78, 5) is 23.3. The van der Waals surface area contributed by atoms with Gasteiger partial charge in [0, 0.05) is 6.42 Å². The zero-order valence-electron chi connectivity index (χ0n) is 11.9. The molecular formula is C16H20O4. The van der Waals surface area contributed by atoms with E-state index in [-0.39, 0.29) is 23.9 Å². The van der Waals surface area contributed by atoms with Crippen molar-refractivity contribution in [1.29, 1.82) is 0 Å². The number of phenols is 1. The van der Waals surface area contributed by atoms with Crippen LogP contribution in [-0.2, 0) is 20.7 Å². The number of rotatable bonds is 4. The fourth-order valence-electron chi connectivity index (χ4n) is 2.62. The van der Waals surface area contributed by atoms with Crippen molar-refractivity contribution >= 4 is 11.8 Å². The van der Waals surface area contributed by atoms with Crippen LogP contribution in [0.4, 0.5) is 0 Å². The van der Waals surface area contributed by atoms with Crippen LogP contribution >= 0.6 is 0 Å². The molecular weight excluding hydrogens is 256 g/mol. The van der Waals surface area contributed by atoms with Gasteiger partial charge in [0.2, 0.25) is 0 Å². The molecule has 0 amide bonds. The van der Waals surface area contributed by atoms with Gasteiger partial charge in [-0.3, -0.25) is 9.59 Å². The van der Waals surface area contributed by atoms with E-state index < -0.39 is 11.6 Å². The molecule has 108 valence electrons. The number of hydrogen-bond acceptors (Lipinski definition) is 4. The van der Waals surface area contributed by atoms with Crippen LogP contribution in [0.15, 0.2) is 24.3 Å². The minimum absolute atomic E-state index is 0.0411. The Balaban J connectivity index is 2.11. The number of aryl methyl sites for hydroxylation is 1. The Bertz CT molecular complexity index is 486. The maximum atomic E-state index is 11.7.